The molecule has 5 aliphatic rings. The van der Waals surface area contributed by atoms with Crippen LogP contribution in [0.4, 0.5) is 0 Å². The molecular formula is C17H25NO3. The number of hydrogen-bond donors (Lipinski definition) is 1. The van der Waals surface area contributed by atoms with E-state index >= 15 is 0 Å². The second-order valence-corrected chi connectivity index (χ2v) is 8.13. The molecule has 0 spiro atoms. The number of piperidine rings is 1. The molecule has 21 heavy (non-hydrogen) atoms. The number of carbonyl (C=O) groups excluding carboxylic acids is 1. The minimum Gasteiger partial charge on any atom is -0.481 e. The van der Waals surface area contributed by atoms with E-state index in [0.29, 0.717) is 12.5 Å². The molecule has 1 atom stereocenters. The van der Waals surface area contributed by atoms with Gasteiger partial charge in [0.25, 0.3) is 0 Å². The van der Waals surface area contributed by atoms with Gasteiger partial charge in [-0.05, 0) is 69.1 Å². The summed E-state index contributed by atoms with van der Waals surface area (Å²) in [5, 5.41) is 9.23. The van der Waals surface area contributed by atoms with Crippen molar-refractivity contribution in [3.63, 3.8) is 0 Å². The highest BCUT2D eigenvalue weighted by atomic mass is 16.4. The Bertz CT molecular complexity index is 437. The van der Waals surface area contributed by atoms with Gasteiger partial charge in [0.05, 0.1) is 11.3 Å². The normalized spacial score (nSPS) is 44.9. The Morgan fingerprint density at radius 2 is 1.57 bits per heavy atom. The third-order valence-electron chi connectivity index (χ3n) is 6.55. The summed E-state index contributed by atoms with van der Waals surface area (Å²) in [6, 6.07) is 0. The second-order valence-electron chi connectivity index (χ2n) is 8.13. The van der Waals surface area contributed by atoms with Crippen LogP contribution in [0.5, 0.6) is 0 Å². The summed E-state index contributed by atoms with van der Waals surface area (Å²) in [4.78, 5) is 26.3. The first-order valence-electron chi connectivity index (χ1n) is 8.58. The lowest BCUT2D eigenvalue weighted by molar-refractivity contribution is -0.161. The summed E-state index contributed by atoms with van der Waals surface area (Å²) >= 11 is 0. The Morgan fingerprint density at radius 1 is 1.00 bits per heavy atom. The molecule has 1 amide bonds. The van der Waals surface area contributed by atoms with Gasteiger partial charge < -0.3 is 10.0 Å². The quantitative estimate of drug-likeness (QED) is 0.850. The standard InChI is InChI=1S/C17H25NO3/c19-15(20)14-2-1-3-18(10-14)16(21)17-7-11-4-12(8-17)6-13(5-11)9-17/h11-14H,1-10H2,(H,19,20). The molecule has 4 nitrogen and oxygen atoms in total. The molecule has 1 heterocycles. The zero-order valence-corrected chi connectivity index (χ0v) is 12.6. The summed E-state index contributed by atoms with van der Waals surface area (Å²) in [6.45, 7) is 1.21. The van der Waals surface area contributed by atoms with Crippen molar-refractivity contribution in [3.8, 4) is 0 Å². The van der Waals surface area contributed by atoms with E-state index < -0.39 is 5.97 Å². The Morgan fingerprint density at radius 3 is 2.10 bits per heavy atom. The van der Waals surface area contributed by atoms with Gasteiger partial charge in [0.1, 0.15) is 0 Å². The van der Waals surface area contributed by atoms with Crippen LogP contribution in [0.1, 0.15) is 51.4 Å². The third-order valence-corrected chi connectivity index (χ3v) is 6.55. The van der Waals surface area contributed by atoms with Gasteiger partial charge in [0.2, 0.25) is 5.91 Å². The number of aliphatic carboxylic acids is 1. The number of carboxylic acid groups (broad SMARTS) is 1. The first-order chi connectivity index (χ1) is 10.1. The Hall–Kier alpha value is -1.06. The van der Waals surface area contributed by atoms with Gasteiger partial charge in [-0.1, -0.05) is 0 Å². The molecule has 1 aliphatic heterocycles. The van der Waals surface area contributed by atoms with Crippen molar-refractivity contribution >= 4 is 11.9 Å². The van der Waals surface area contributed by atoms with Gasteiger partial charge in [0.15, 0.2) is 0 Å². The maximum absolute atomic E-state index is 13.2. The molecule has 4 bridgehead atoms. The molecule has 1 unspecified atom stereocenters. The van der Waals surface area contributed by atoms with Crippen molar-refractivity contribution in [1.82, 2.24) is 4.90 Å². The molecule has 0 aromatic rings. The Kier molecular flexibility index (Phi) is 3.05. The fourth-order valence-electron chi connectivity index (χ4n) is 6.07. The lowest BCUT2D eigenvalue weighted by Gasteiger charge is -2.57. The molecule has 0 radical (unpaired) electrons. The van der Waals surface area contributed by atoms with E-state index in [9.17, 15) is 14.7 Å². The maximum atomic E-state index is 13.2. The van der Waals surface area contributed by atoms with Crippen LogP contribution in [0.15, 0.2) is 0 Å². The van der Waals surface area contributed by atoms with Crippen molar-refractivity contribution in [2.24, 2.45) is 29.1 Å². The van der Waals surface area contributed by atoms with Crippen molar-refractivity contribution in [3.05, 3.63) is 0 Å². The topological polar surface area (TPSA) is 57.6 Å². The highest BCUT2D eigenvalue weighted by molar-refractivity contribution is 5.84. The summed E-state index contributed by atoms with van der Waals surface area (Å²) in [6.07, 6.45) is 8.80. The molecule has 5 rings (SSSR count). The first-order valence-corrected chi connectivity index (χ1v) is 8.58. The van der Waals surface area contributed by atoms with Crippen LogP contribution in [0.3, 0.4) is 0 Å². The van der Waals surface area contributed by atoms with Gasteiger partial charge >= 0.3 is 5.97 Å². The predicted molar refractivity (Wildman–Crippen MR) is 77.5 cm³/mol. The Balaban J connectivity index is 1.53. The minimum absolute atomic E-state index is 0.116. The number of rotatable bonds is 2. The highest BCUT2D eigenvalue weighted by Gasteiger charge is 2.55. The highest BCUT2D eigenvalue weighted by Crippen LogP contribution is 2.60. The second kappa shape index (κ2) is 4.72. The zero-order chi connectivity index (χ0) is 14.6. The molecule has 4 heteroatoms. The van der Waals surface area contributed by atoms with Gasteiger partial charge in [-0.3, -0.25) is 9.59 Å². The maximum Gasteiger partial charge on any atom is 0.308 e. The van der Waals surface area contributed by atoms with Crippen LogP contribution in [-0.4, -0.2) is 35.0 Å². The van der Waals surface area contributed by atoms with Crippen LogP contribution < -0.4 is 0 Å². The van der Waals surface area contributed by atoms with E-state index in [1.165, 1.54) is 19.3 Å². The van der Waals surface area contributed by atoms with Crippen molar-refractivity contribution < 1.29 is 14.7 Å². The van der Waals surface area contributed by atoms with Crippen LogP contribution >= 0.6 is 0 Å². The summed E-state index contributed by atoms with van der Waals surface area (Å²) in [5.41, 5.74) is -0.116. The number of nitrogens with zero attached hydrogens (tertiary/aromatic N) is 1. The van der Waals surface area contributed by atoms with Gasteiger partial charge in [-0.15, -0.1) is 0 Å². The fourth-order valence-corrected chi connectivity index (χ4v) is 6.07. The molecule has 116 valence electrons. The lowest BCUT2D eigenvalue weighted by atomic mass is 9.49. The number of carboxylic acids is 1. The lowest BCUT2D eigenvalue weighted by Crippen LogP contribution is -2.56. The van der Waals surface area contributed by atoms with Crippen LogP contribution in [-0.2, 0) is 9.59 Å². The molecule has 1 N–H and O–H groups in total. The smallest absolute Gasteiger partial charge is 0.308 e. The first kappa shape index (κ1) is 13.6. The minimum atomic E-state index is -0.738. The van der Waals surface area contributed by atoms with E-state index in [4.69, 9.17) is 0 Å². The van der Waals surface area contributed by atoms with E-state index in [2.05, 4.69) is 0 Å². The monoisotopic (exact) mass is 291 g/mol. The van der Waals surface area contributed by atoms with Crippen LogP contribution in [0.2, 0.25) is 0 Å². The number of likely N-dealkylation sites (tertiary alicyclic amines) is 1. The summed E-state index contributed by atoms with van der Waals surface area (Å²) in [7, 11) is 0. The summed E-state index contributed by atoms with van der Waals surface area (Å²) in [5.74, 6) is 1.50. The fraction of sp³-hybridized carbons (Fsp3) is 0.882. The number of amides is 1. The molecular weight excluding hydrogens is 266 g/mol. The summed E-state index contributed by atoms with van der Waals surface area (Å²) < 4.78 is 0. The average molecular weight is 291 g/mol. The average Bonchev–Trinajstić information content (AvgIpc) is 2.45. The van der Waals surface area contributed by atoms with E-state index in [1.807, 2.05) is 4.90 Å². The molecule has 1 saturated heterocycles. The van der Waals surface area contributed by atoms with Crippen LogP contribution in [0, 0.1) is 29.1 Å². The van der Waals surface area contributed by atoms with Crippen molar-refractivity contribution in [2.45, 2.75) is 51.4 Å². The third kappa shape index (κ3) is 2.18. The van der Waals surface area contributed by atoms with E-state index in [0.717, 1.165) is 56.4 Å². The SMILES string of the molecule is O=C(O)C1CCCN(C(=O)C23CC4CC(CC(C4)C2)C3)C1. The zero-order valence-electron chi connectivity index (χ0n) is 12.6. The van der Waals surface area contributed by atoms with E-state index in [-0.39, 0.29) is 11.3 Å². The molecule has 5 fully saturated rings. The van der Waals surface area contributed by atoms with Crippen molar-refractivity contribution in [1.29, 1.82) is 0 Å². The number of carbonyl (C=O) groups is 2. The van der Waals surface area contributed by atoms with Crippen LogP contribution in [0.25, 0.3) is 0 Å². The molecule has 0 aromatic heterocycles. The van der Waals surface area contributed by atoms with Gasteiger partial charge in [-0.25, -0.2) is 0 Å². The number of hydrogen-bond acceptors (Lipinski definition) is 2. The van der Waals surface area contributed by atoms with E-state index in [1.54, 1.807) is 0 Å². The Labute approximate surface area is 125 Å². The molecule has 4 saturated carbocycles. The van der Waals surface area contributed by atoms with Crippen molar-refractivity contribution in [2.75, 3.05) is 13.1 Å². The predicted octanol–water partition coefficient (Wildman–Crippen LogP) is 2.53. The molecule has 0 aromatic carbocycles. The van der Waals surface area contributed by atoms with Gasteiger partial charge in [-0.2, -0.15) is 0 Å². The molecule has 4 aliphatic carbocycles. The van der Waals surface area contributed by atoms with Gasteiger partial charge in [0, 0.05) is 13.1 Å². The largest absolute Gasteiger partial charge is 0.481 e.